The van der Waals surface area contributed by atoms with Crippen LogP contribution in [0.4, 0.5) is 10.1 Å². The second-order valence-electron chi connectivity index (χ2n) is 8.05. The van der Waals surface area contributed by atoms with Crippen molar-refractivity contribution in [2.45, 2.75) is 25.4 Å². The summed E-state index contributed by atoms with van der Waals surface area (Å²) in [5, 5.41) is 6.73. The number of H-pyrrole nitrogens is 1. The zero-order valence-electron chi connectivity index (χ0n) is 17.7. The lowest BCUT2D eigenvalue weighted by atomic mass is 10.1. The Balaban J connectivity index is 1.23. The van der Waals surface area contributed by atoms with E-state index in [1.54, 1.807) is 30.3 Å². The van der Waals surface area contributed by atoms with Gasteiger partial charge in [-0.15, -0.1) is 0 Å². The van der Waals surface area contributed by atoms with Crippen LogP contribution in [0.25, 0.3) is 33.9 Å². The topological polar surface area (TPSA) is 140 Å². The minimum absolute atomic E-state index is 0.00000958. The van der Waals surface area contributed by atoms with Crippen molar-refractivity contribution in [2.75, 3.05) is 5.32 Å². The van der Waals surface area contributed by atoms with Gasteiger partial charge < -0.3 is 18.7 Å². The Kier molecular flexibility index (Phi) is 4.44. The molecule has 170 valence electrons. The van der Waals surface area contributed by atoms with E-state index in [0.717, 1.165) is 5.56 Å². The minimum atomic E-state index is -0.934. The molecule has 34 heavy (non-hydrogen) atoms. The van der Waals surface area contributed by atoms with Gasteiger partial charge in [-0.1, -0.05) is 17.3 Å². The summed E-state index contributed by atoms with van der Waals surface area (Å²) in [4.78, 5) is 35.1. The molecule has 6 rings (SSSR count). The number of carbonyl (C=O) groups excluding carboxylic acids is 1. The maximum atomic E-state index is 13.3. The quantitative estimate of drug-likeness (QED) is 0.397. The van der Waals surface area contributed by atoms with Crippen molar-refractivity contribution in [3.63, 3.8) is 0 Å². The Morgan fingerprint density at radius 2 is 2.00 bits per heavy atom. The lowest BCUT2D eigenvalue weighted by Gasteiger charge is -2.08. The number of nitrogens with one attached hydrogen (secondary N) is 2. The van der Waals surface area contributed by atoms with Gasteiger partial charge in [0.2, 0.25) is 23.4 Å². The zero-order chi connectivity index (χ0) is 23.4. The molecule has 3 aromatic heterocycles. The summed E-state index contributed by atoms with van der Waals surface area (Å²) < 4.78 is 29.1. The van der Waals surface area contributed by atoms with E-state index in [9.17, 15) is 14.0 Å². The molecule has 0 radical (unpaired) electrons. The Labute approximate surface area is 189 Å². The molecule has 0 aliphatic heterocycles. The smallest absolute Gasteiger partial charge is 0.417 e. The number of aromatic nitrogens is 4. The van der Waals surface area contributed by atoms with Gasteiger partial charge in [-0.2, -0.15) is 4.98 Å². The standard InChI is InChI=1S/C23H16FN5O5/c1-10-2-3-11(19-28-22(34-29-19)13-8-14(13)24)6-16(10)26-20(30)18-9-25-21(32-18)12-4-5-15-17(7-12)33-23(31)27-15/h2-7,9,13-14H,8H2,1H3,(H,26,30)(H,27,31)/t13-,14-/m0/s1. The first-order valence-electron chi connectivity index (χ1n) is 10.4. The molecule has 0 spiro atoms. The van der Waals surface area contributed by atoms with E-state index in [1.165, 1.54) is 6.20 Å². The van der Waals surface area contributed by atoms with Crippen LogP contribution in [0.3, 0.4) is 0 Å². The molecule has 1 aliphatic carbocycles. The van der Waals surface area contributed by atoms with Crippen LogP contribution in [-0.2, 0) is 0 Å². The van der Waals surface area contributed by atoms with Crippen molar-refractivity contribution in [1.29, 1.82) is 0 Å². The number of anilines is 1. The first-order chi connectivity index (χ1) is 16.4. The fourth-order valence-corrected chi connectivity index (χ4v) is 3.59. The second-order valence-corrected chi connectivity index (χ2v) is 8.05. The van der Waals surface area contributed by atoms with Crippen molar-refractivity contribution < 1.29 is 22.5 Å². The minimum Gasteiger partial charge on any atom is -0.431 e. The Morgan fingerprint density at radius 1 is 1.18 bits per heavy atom. The second kappa shape index (κ2) is 7.51. The van der Waals surface area contributed by atoms with Crippen LogP contribution in [0.2, 0.25) is 0 Å². The fourth-order valence-electron chi connectivity index (χ4n) is 3.59. The Morgan fingerprint density at radius 3 is 2.82 bits per heavy atom. The van der Waals surface area contributed by atoms with Crippen LogP contribution in [-0.4, -0.2) is 32.2 Å². The number of alkyl halides is 1. The molecule has 3 heterocycles. The van der Waals surface area contributed by atoms with Gasteiger partial charge in [0.15, 0.2) is 5.58 Å². The monoisotopic (exact) mass is 461 g/mol. The van der Waals surface area contributed by atoms with Crippen molar-refractivity contribution in [2.24, 2.45) is 0 Å². The van der Waals surface area contributed by atoms with Gasteiger partial charge in [-0.05, 0) is 43.2 Å². The van der Waals surface area contributed by atoms with E-state index < -0.39 is 17.8 Å². The number of nitrogens with zero attached hydrogens (tertiary/aromatic N) is 3. The van der Waals surface area contributed by atoms with E-state index in [-0.39, 0.29) is 23.5 Å². The summed E-state index contributed by atoms with van der Waals surface area (Å²) in [6, 6.07) is 10.3. The number of aryl methyl sites for hydroxylation is 1. The van der Waals surface area contributed by atoms with Crippen molar-refractivity contribution >= 4 is 22.7 Å². The molecule has 10 nitrogen and oxygen atoms in total. The van der Waals surface area contributed by atoms with Crippen molar-refractivity contribution in [3.05, 3.63) is 70.4 Å². The highest BCUT2D eigenvalue weighted by Crippen LogP contribution is 2.43. The summed E-state index contributed by atoms with van der Waals surface area (Å²) in [6.45, 7) is 1.84. The third-order valence-corrected chi connectivity index (χ3v) is 5.61. The largest absolute Gasteiger partial charge is 0.431 e. The number of benzene rings is 2. The van der Waals surface area contributed by atoms with E-state index >= 15 is 0 Å². The molecule has 1 saturated carbocycles. The maximum absolute atomic E-state index is 13.3. The van der Waals surface area contributed by atoms with Crippen LogP contribution < -0.4 is 11.1 Å². The molecular formula is C23H16FN5O5. The van der Waals surface area contributed by atoms with Crippen molar-refractivity contribution in [3.8, 4) is 22.8 Å². The van der Waals surface area contributed by atoms with Crippen molar-refractivity contribution in [1.82, 2.24) is 20.1 Å². The van der Waals surface area contributed by atoms with Gasteiger partial charge in [-0.3, -0.25) is 9.78 Å². The highest BCUT2D eigenvalue weighted by Gasteiger charge is 2.43. The van der Waals surface area contributed by atoms with Crippen LogP contribution in [0, 0.1) is 6.92 Å². The number of hydrogen-bond donors (Lipinski definition) is 2. The highest BCUT2D eigenvalue weighted by molar-refractivity contribution is 6.03. The number of aromatic amines is 1. The van der Waals surface area contributed by atoms with Crippen LogP contribution >= 0.6 is 0 Å². The summed E-state index contributed by atoms with van der Waals surface area (Å²) in [7, 11) is 0. The number of halogens is 1. The Hall–Kier alpha value is -4.54. The summed E-state index contributed by atoms with van der Waals surface area (Å²) in [5.41, 5.74) is 3.39. The third kappa shape index (κ3) is 3.56. The zero-order valence-corrected chi connectivity index (χ0v) is 17.7. The fraction of sp³-hybridized carbons (Fsp3) is 0.174. The summed E-state index contributed by atoms with van der Waals surface area (Å²) in [6.07, 6.45) is 0.774. The number of fused-ring (bicyclic) bond motifs is 1. The van der Waals surface area contributed by atoms with E-state index in [2.05, 4.69) is 25.4 Å². The lowest BCUT2D eigenvalue weighted by molar-refractivity contribution is 0.0997. The normalized spacial score (nSPS) is 17.2. The molecule has 2 atom stereocenters. The molecule has 2 aromatic carbocycles. The molecule has 2 N–H and O–H groups in total. The van der Waals surface area contributed by atoms with Gasteiger partial charge in [0.05, 0.1) is 17.6 Å². The van der Waals surface area contributed by atoms with Crippen LogP contribution in [0.15, 0.2) is 60.7 Å². The molecule has 0 unspecified atom stereocenters. The summed E-state index contributed by atoms with van der Waals surface area (Å²) >= 11 is 0. The molecule has 11 heteroatoms. The molecule has 1 amide bonds. The average molecular weight is 461 g/mol. The molecular weight excluding hydrogens is 445 g/mol. The van der Waals surface area contributed by atoms with Crippen LogP contribution in [0.5, 0.6) is 0 Å². The number of amides is 1. The predicted molar refractivity (Wildman–Crippen MR) is 117 cm³/mol. The van der Waals surface area contributed by atoms with Gasteiger partial charge >= 0.3 is 5.76 Å². The van der Waals surface area contributed by atoms with E-state index in [1.807, 2.05) is 13.0 Å². The molecule has 0 saturated heterocycles. The SMILES string of the molecule is Cc1ccc(-c2noc([C@H]3C[C@@H]3F)n2)cc1NC(=O)c1cnc(-c2ccc3[nH]c(=O)oc3c2)o1. The van der Waals surface area contributed by atoms with Gasteiger partial charge in [0.25, 0.3) is 5.91 Å². The van der Waals surface area contributed by atoms with E-state index in [4.69, 9.17) is 13.4 Å². The van der Waals surface area contributed by atoms with Gasteiger partial charge in [-0.25, -0.2) is 14.2 Å². The average Bonchev–Trinajstić information content (AvgIpc) is 3.26. The first-order valence-corrected chi connectivity index (χ1v) is 10.4. The van der Waals surface area contributed by atoms with E-state index in [0.29, 0.717) is 40.2 Å². The molecule has 1 fully saturated rings. The molecule has 1 aliphatic rings. The van der Waals surface area contributed by atoms with Crippen LogP contribution in [0.1, 0.15) is 34.3 Å². The third-order valence-electron chi connectivity index (χ3n) is 5.61. The number of hydrogen-bond acceptors (Lipinski definition) is 8. The number of carbonyl (C=O) groups is 1. The predicted octanol–water partition coefficient (Wildman–Crippen LogP) is 4.21. The van der Waals surface area contributed by atoms with Gasteiger partial charge in [0.1, 0.15) is 6.17 Å². The lowest BCUT2D eigenvalue weighted by Crippen LogP contribution is -2.12. The molecule has 0 bridgehead atoms. The number of rotatable bonds is 5. The number of oxazole rings is 2. The summed E-state index contributed by atoms with van der Waals surface area (Å²) in [5.74, 6) is -0.598. The van der Waals surface area contributed by atoms with Gasteiger partial charge in [0, 0.05) is 16.8 Å². The highest BCUT2D eigenvalue weighted by atomic mass is 19.1. The first kappa shape index (κ1) is 20.1. The Bertz CT molecular complexity index is 1610. The maximum Gasteiger partial charge on any atom is 0.417 e. The molecule has 5 aromatic rings.